The fourth-order valence-corrected chi connectivity index (χ4v) is 7.02. The smallest absolute Gasteiger partial charge is 0.225 e. The summed E-state index contributed by atoms with van der Waals surface area (Å²) < 4.78 is 0. The van der Waals surface area contributed by atoms with E-state index in [4.69, 9.17) is 5.26 Å². The van der Waals surface area contributed by atoms with Gasteiger partial charge >= 0.3 is 0 Å². The molecule has 0 saturated heterocycles. The average Bonchev–Trinajstić information content (AvgIpc) is 2.79. The fourth-order valence-electron chi connectivity index (χ4n) is 7.02. The molecule has 3 aliphatic rings. The third-order valence-corrected chi connectivity index (χ3v) is 9.16. The van der Waals surface area contributed by atoms with Crippen molar-refractivity contribution in [2.45, 2.75) is 97.1 Å². The molecular weight excluding hydrogens is 402 g/mol. The molecule has 0 bridgehead atoms. The van der Waals surface area contributed by atoms with Gasteiger partial charge in [-0.2, -0.15) is 5.26 Å². The highest BCUT2D eigenvalue weighted by Gasteiger charge is 2.54. The molecule has 3 aliphatic carbocycles. The van der Waals surface area contributed by atoms with Crippen LogP contribution in [0.2, 0.25) is 0 Å². The van der Waals surface area contributed by atoms with Gasteiger partial charge in [0, 0.05) is 31.5 Å². The van der Waals surface area contributed by atoms with E-state index in [-0.39, 0.29) is 52.9 Å². The Morgan fingerprint density at radius 3 is 2.50 bits per heavy atom. The molecule has 0 heterocycles. The second-order valence-electron chi connectivity index (χ2n) is 11.2. The lowest BCUT2D eigenvalue weighted by atomic mass is 9.51. The molecule has 32 heavy (non-hydrogen) atoms. The minimum absolute atomic E-state index is 0.0125. The summed E-state index contributed by atoms with van der Waals surface area (Å²) in [7, 11) is 1.75. The number of hydrogen-bond donors (Lipinski definition) is 2. The van der Waals surface area contributed by atoms with Crippen LogP contribution in [0.3, 0.4) is 0 Å². The van der Waals surface area contributed by atoms with Gasteiger partial charge in [0.25, 0.3) is 0 Å². The van der Waals surface area contributed by atoms with Crippen LogP contribution in [0.25, 0.3) is 0 Å². The van der Waals surface area contributed by atoms with Gasteiger partial charge in [-0.25, -0.2) is 0 Å². The molecule has 6 heteroatoms. The normalized spacial score (nSPS) is 36.4. The average molecular weight is 446 g/mol. The van der Waals surface area contributed by atoms with E-state index < -0.39 is 6.10 Å². The molecule has 7 atom stereocenters. The van der Waals surface area contributed by atoms with Crippen molar-refractivity contribution in [1.29, 1.82) is 5.26 Å². The summed E-state index contributed by atoms with van der Waals surface area (Å²) in [4.78, 5) is 27.5. The lowest BCUT2D eigenvalue weighted by Crippen LogP contribution is -2.59. The van der Waals surface area contributed by atoms with E-state index in [9.17, 15) is 14.7 Å². The first-order valence-electron chi connectivity index (χ1n) is 12.8. The van der Waals surface area contributed by atoms with Crippen molar-refractivity contribution in [2.24, 2.45) is 35.0 Å². The summed E-state index contributed by atoms with van der Waals surface area (Å²) in [5.74, 6) is 0.259. The topological polar surface area (TPSA) is 93.4 Å². The largest absolute Gasteiger partial charge is 0.392 e. The minimum Gasteiger partial charge on any atom is -0.392 e. The van der Waals surface area contributed by atoms with Crippen LogP contribution in [-0.2, 0) is 9.59 Å². The summed E-state index contributed by atoms with van der Waals surface area (Å²) in [6.45, 7) is 6.83. The van der Waals surface area contributed by atoms with Crippen molar-refractivity contribution in [2.75, 3.05) is 13.6 Å². The first-order valence-corrected chi connectivity index (χ1v) is 12.8. The number of aliphatic hydroxyl groups is 1. The zero-order valence-electron chi connectivity index (χ0n) is 20.5. The summed E-state index contributed by atoms with van der Waals surface area (Å²) in [6, 6.07) is 2.19. The number of hydrogen-bond acceptors (Lipinski definition) is 4. The third kappa shape index (κ3) is 5.14. The molecular formula is C26H43N3O3. The Bertz CT molecular complexity index is 714. The zero-order valence-corrected chi connectivity index (χ0v) is 20.5. The van der Waals surface area contributed by atoms with Crippen molar-refractivity contribution in [3.8, 4) is 6.07 Å². The van der Waals surface area contributed by atoms with Gasteiger partial charge in [0.15, 0.2) is 0 Å². The number of aliphatic hydroxyl groups excluding tert-OH is 1. The number of carbonyl (C=O) groups excluding carboxylic acids is 2. The maximum atomic E-state index is 12.9. The predicted molar refractivity (Wildman–Crippen MR) is 124 cm³/mol. The first kappa shape index (κ1) is 25.0. The Kier molecular flexibility index (Phi) is 8.25. The molecule has 180 valence electrons. The van der Waals surface area contributed by atoms with Gasteiger partial charge in [0.1, 0.15) is 0 Å². The van der Waals surface area contributed by atoms with E-state index >= 15 is 0 Å². The molecule has 3 rings (SSSR count). The van der Waals surface area contributed by atoms with Crippen molar-refractivity contribution < 1.29 is 14.7 Å². The Hall–Kier alpha value is -1.61. The van der Waals surface area contributed by atoms with Crippen LogP contribution in [-0.4, -0.2) is 47.6 Å². The summed E-state index contributed by atoms with van der Waals surface area (Å²) >= 11 is 0. The Morgan fingerprint density at radius 2 is 1.84 bits per heavy atom. The highest BCUT2D eigenvalue weighted by atomic mass is 16.3. The maximum Gasteiger partial charge on any atom is 0.225 e. The molecule has 0 aliphatic heterocycles. The number of carbonyl (C=O) groups is 2. The molecule has 0 spiro atoms. The number of fused-ring (bicyclic) bond motifs is 1. The van der Waals surface area contributed by atoms with E-state index in [2.05, 4.69) is 25.2 Å². The number of nitriles is 1. The van der Waals surface area contributed by atoms with Crippen LogP contribution in [0.15, 0.2) is 0 Å². The quantitative estimate of drug-likeness (QED) is 0.649. The summed E-state index contributed by atoms with van der Waals surface area (Å²) in [5.41, 5.74) is 0.0525. The van der Waals surface area contributed by atoms with Gasteiger partial charge in [-0.3, -0.25) is 9.59 Å². The zero-order chi connectivity index (χ0) is 23.5. The van der Waals surface area contributed by atoms with Crippen LogP contribution >= 0.6 is 0 Å². The van der Waals surface area contributed by atoms with E-state index in [1.54, 1.807) is 11.9 Å². The minimum atomic E-state index is -0.554. The fraction of sp³-hybridized carbons (Fsp3) is 0.885. The van der Waals surface area contributed by atoms with Crippen LogP contribution in [0.4, 0.5) is 0 Å². The first-order chi connectivity index (χ1) is 15.2. The second kappa shape index (κ2) is 10.5. The van der Waals surface area contributed by atoms with Gasteiger partial charge in [0.2, 0.25) is 11.8 Å². The van der Waals surface area contributed by atoms with Crippen LogP contribution in [0.5, 0.6) is 0 Å². The van der Waals surface area contributed by atoms with Gasteiger partial charge < -0.3 is 15.3 Å². The molecule has 0 unspecified atom stereocenters. The van der Waals surface area contributed by atoms with E-state index in [1.807, 2.05) is 6.92 Å². The molecule has 0 aromatic carbocycles. The lowest BCUT2D eigenvalue weighted by Gasteiger charge is -2.56. The van der Waals surface area contributed by atoms with Crippen molar-refractivity contribution >= 4 is 11.8 Å². The van der Waals surface area contributed by atoms with E-state index in [0.29, 0.717) is 13.0 Å². The third-order valence-electron chi connectivity index (χ3n) is 9.16. The number of nitrogens with zero attached hydrogens (tertiary/aromatic N) is 2. The van der Waals surface area contributed by atoms with Crippen molar-refractivity contribution in [3.63, 3.8) is 0 Å². The number of amides is 2. The molecule has 0 aromatic heterocycles. The Balaban J connectivity index is 1.68. The Labute approximate surface area is 194 Å². The molecule has 0 aromatic rings. The van der Waals surface area contributed by atoms with Crippen LogP contribution in [0, 0.1) is 46.3 Å². The van der Waals surface area contributed by atoms with Gasteiger partial charge in [-0.15, -0.1) is 0 Å². The maximum absolute atomic E-state index is 12.9. The highest BCUT2D eigenvalue weighted by Crippen LogP contribution is 2.55. The van der Waals surface area contributed by atoms with E-state index in [0.717, 1.165) is 51.4 Å². The molecule has 3 saturated carbocycles. The Morgan fingerprint density at radius 1 is 1.19 bits per heavy atom. The SMILES string of the molecule is C[C@H]1[C@@H]2[C@@H](O)[C@@H]([C@H](C)C(=O)N(C)CCC#N)CC[C@@]2(C)CC[C@@H]1NC(=O)C1CCCCC1. The molecule has 3 fully saturated rings. The predicted octanol–water partition coefficient (Wildman–Crippen LogP) is 3.88. The highest BCUT2D eigenvalue weighted by molar-refractivity contribution is 5.79. The van der Waals surface area contributed by atoms with E-state index in [1.165, 1.54) is 6.42 Å². The number of rotatable bonds is 6. The van der Waals surface area contributed by atoms with Crippen LogP contribution in [0.1, 0.15) is 85.0 Å². The molecule has 2 N–H and O–H groups in total. The molecule has 2 amide bonds. The molecule has 0 radical (unpaired) electrons. The molecule has 6 nitrogen and oxygen atoms in total. The number of nitrogens with one attached hydrogen (secondary N) is 1. The summed E-state index contributed by atoms with van der Waals surface area (Å²) in [6.07, 6.45) is 9.12. The van der Waals surface area contributed by atoms with Crippen LogP contribution < -0.4 is 5.32 Å². The standard InChI is InChI=1S/C26H43N3O3/c1-17(25(32)29(4)16-8-15-27)20-11-13-26(3)14-12-21(18(2)22(26)23(20)30)28-24(31)19-9-6-5-7-10-19/h17-23,30H,5-14,16H2,1-4H3,(H,28,31)/t17-,18+,20+,21-,22+,23-,26-/m0/s1. The lowest BCUT2D eigenvalue weighted by molar-refractivity contribution is -0.150. The van der Waals surface area contributed by atoms with Gasteiger partial charge in [0.05, 0.1) is 18.6 Å². The van der Waals surface area contributed by atoms with Crippen molar-refractivity contribution in [1.82, 2.24) is 10.2 Å². The monoisotopic (exact) mass is 445 g/mol. The summed E-state index contributed by atoms with van der Waals surface area (Å²) in [5, 5.41) is 23.7. The van der Waals surface area contributed by atoms with Gasteiger partial charge in [-0.1, -0.05) is 40.0 Å². The van der Waals surface area contributed by atoms with Crippen molar-refractivity contribution in [3.05, 3.63) is 0 Å². The second-order valence-corrected chi connectivity index (χ2v) is 11.2. The van der Waals surface area contributed by atoms with Gasteiger partial charge in [-0.05, 0) is 61.7 Å².